The highest BCUT2D eigenvalue weighted by Crippen LogP contribution is 2.20. The second kappa shape index (κ2) is 9.25. The molecule has 1 aliphatic heterocycles. The highest BCUT2D eigenvalue weighted by molar-refractivity contribution is 5.91. The maximum atomic E-state index is 12.4. The van der Waals surface area contributed by atoms with Gasteiger partial charge in [0.2, 0.25) is 0 Å². The van der Waals surface area contributed by atoms with Crippen LogP contribution < -0.4 is 4.90 Å². The summed E-state index contributed by atoms with van der Waals surface area (Å²) in [5.74, 6) is -0.903. The van der Waals surface area contributed by atoms with E-state index in [2.05, 4.69) is 10.1 Å². The zero-order chi connectivity index (χ0) is 22.5. The van der Waals surface area contributed by atoms with Crippen LogP contribution in [0.5, 0.6) is 0 Å². The first kappa shape index (κ1) is 21.0. The quantitative estimate of drug-likeness (QED) is 0.325. The van der Waals surface area contributed by atoms with Gasteiger partial charge in [-0.25, -0.2) is 9.48 Å². The number of carbonyl (C=O) groups excluding carboxylic acids is 2. The first-order valence-corrected chi connectivity index (χ1v) is 9.90. The average Bonchev–Trinajstić information content (AvgIpc) is 3.34. The number of rotatable bonds is 6. The van der Waals surface area contributed by atoms with Crippen molar-refractivity contribution in [3.8, 4) is 5.69 Å². The molecule has 164 valence electrons. The normalized spacial score (nSPS) is 13.6. The molecule has 3 aromatic rings. The van der Waals surface area contributed by atoms with E-state index < -0.39 is 10.9 Å². The average molecular weight is 436 g/mol. The summed E-state index contributed by atoms with van der Waals surface area (Å²) < 4.78 is 6.67. The Morgan fingerprint density at radius 2 is 1.78 bits per heavy atom. The smallest absolute Gasteiger partial charge is 0.341 e. The van der Waals surface area contributed by atoms with Crippen LogP contribution in [-0.4, -0.2) is 69.3 Å². The maximum Gasteiger partial charge on any atom is 0.341 e. The lowest BCUT2D eigenvalue weighted by molar-refractivity contribution is -0.384. The lowest BCUT2D eigenvalue weighted by Gasteiger charge is -2.36. The summed E-state index contributed by atoms with van der Waals surface area (Å²) in [5.41, 5.74) is 1.84. The van der Waals surface area contributed by atoms with Gasteiger partial charge in [0.1, 0.15) is 0 Å². The zero-order valence-electron chi connectivity index (χ0n) is 17.0. The van der Waals surface area contributed by atoms with Crippen LogP contribution in [0.4, 0.5) is 11.4 Å². The second-order valence-electron chi connectivity index (χ2n) is 7.10. The van der Waals surface area contributed by atoms with E-state index >= 15 is 0 Å². The number of nitrogens with zero attached hydrogens (tertiary/aromatic N) is 6. The Morgan fingerprint density at radius 1 is 1.03 bits per heavy atom. The molecule has 0 atom stereocenters. The highest BCUT2D eigenvalue weighted by Gasteiger charge is 2.23. The van der Waals surface area contributed by atoms with E-state index in [1.54, 1.807) is 41.6 Å². The fraction of sp³-hybridized carbons (Fsp3) is 0.238. The summed E-state index contributed by atoms with van der Waals surface area (Å²) >= 11 is 0. The molecule has 2 aromatic heterocycles. The third-order valence-electron chi connectivity index (χ3n) is 5.11. The van der Waals surface area contributed by atoms with Crippen LogP contribution >= 0.6 is 0 Å². The topological polar surface area (TPSA) is 124 Å². The van der Waals surface area contributed by atoms with Crippen molar-refractivity contribution in [2.45, 2.75) is 0 Å². The Morgan fingerprint density at radius 3 is 2.44 bits per heavy atom. The number of hydrogen-bond donors (Lipinski definition) is 0. The molecule has 0 unspecified atom stereocenters. The number of amides is 1. The molecule has 1 fully saturated rings. The number of piperazine rings is 1. The Labute approximate surface area is 183 Å². The Bertz CT molecular complexity index is 1110. The van der Waals surface area contributed by atoms with Gasteiger partial charge in [0, 0.05) is 56.4 Å². The van der Waals surface area contributed by atoms with Gasteiger partial charge in [-0.3, -0.25) is 19.9 Å². The number of pyridine rings is 1. The molecule has 11 heteroatoms. The van der Waals surface area contributed by atoms with Gasteiger partial charge in [-0.05, 0) is 24.3 Å². The summed E-state index contributed by atoms with van der Waals surface area (Å²) in [4.78, 5) is 42.7. The van der Waals surface area contributed by atoms with Crippen LogP contribution in [0.3, 0.4) is 0 Å². The predicted molar refractivity (Wildman–Crippen MR) is 114 cm³/mol. The third kappa shape index (κ3) is 4.72. The number of non-ortho nitro benzene ring substituents is 1. The van der Waals surface area contributed by atoms with E-state index in [9.17, 15) is 19.7 Å². The number of hydrogen-bond acceptors (Lipinski definition) is 8. The maximum absolute atomic E-state index is 12.4. The van der Waals surface area contributed by atoms with Crippen molar-refractivity contribution >= 4 is 23.3 Å². The molecule has 4 rings (SSSR count). The molecule has 0 N–H and O–H groups in total. The van der Waals surface area contributed by atoms with E-state index in [0.717, 1.165) is 5.69 Å². The van der Waals surface area contributed by atoms with Crippen molar-refractivity contribution in [1.29, 1.82) is 0 Å². The van der Waals surface area contributed by atoms with E-state index in [4.69, 9.17) is 4.74 Å². The number of carbonyl (C=O) groups is 2. The van der Waals surface area contributed by atoms with E-state index in [1.807, 2.05) is 4.90 Å². The summed E-state index contributed by atoms with van der Waals surface area (Å²) in [6.45, 7) is 1.73. The molecular formula is C21H20N6O5. The largest absolute Gasteiger partial charge is 0.452 e. The number of esters is 1. The van der Waals surface area contributed by atoms with Crippen LogP contribution in [0.15, 0.2) is 61.2 Å². The minimum atomic E-state index is -0.627. The molecule has 1 saturated heterocycles. The van der Waals surface area contributed by atoms with Gasteiger partial charge in [-0.15, -0.1) is 0 Å². The van der Waals surface area contributed by atoms with E-state index in [0.29, 0.717) is 31.9 Å². The van der Waals surface area contributed by atoms with Crippen LogP contribution in [0.2, 0.25) is 0 Å². The second-order valence-corrected chi connectivity index (χ2v) is 7.10. The monoisotopic (exact) mass is 436 g/mol. The van der Waals surface area contributed by atoms with Crippen molar-refractivity contribution < 1.29 is 19.2 Å². The first-order valence-electron chi connectivity index (χ1n) is 9.90. The third-order valence-corrected chi connectivity index (χ3v) is 5.11. The molecule has 0 spiro atoms. The lowest BCUT2D eigenvalue weighted by Crippen LogP contribution is -2.49. The van der Waals surface area contributed by atoms with Gasteiger partial charge in [0.25, 0.3) is 11.6 Å². The van der Waals surface area contributed by atoms with Gasteiger partial charge in [-0.1, -0.05) is 0 Å². The molecule has 11 nitrogen and oxygen atoms in total. The van der Waals surface area contributed by atoms with Crippen LogP contribution in [0.1, 0.15) is 10.4 Å². The summed E-state index contributed by atoms with van der Waals surface area (Å²) in [6, 6.07) is 9.88. The fourth-order valence-electron chi connectivity index (χ4n) is 3.36. The van der Waals surface area contributed by atoms with Crippen molar-refractivity contribution in [3.63, 3.8) is 0 Å². The zero-order valence-corrected chi connectivity index (χ0v) is 17.0. The number of ether oxygens (including phenoxy) is 1. The minimum absolute atomic E-state index is 0.0374. The van der Waals surface area contributed by atoms with Crippen molar-refractivity contribution in [2.24, 2.45) is 0 Å². The molecule has 0 bridgehead atoms. The van der Waals surface area contributed by atoms with Gasteiger partial charge >= 0.3 is 5.97 Å². The molecule has 1 aliphatic rings. The van der Waals surface area contributed by atoms with Crippen molar-refractivity contribution in [1.82, 2.24) is 19.7 Å². The van der Waals surface area contributed by atoms with E-state index in [-0.39, 0.29) is 23.8 Å². The molecular weight excluding hydrogens is 416 g/mol. The number of nitro benzene ring substituents is 1. The predicted octanol–water partition coefficient (Wildman–Crippen LogP) is 1.68. The van der Waals surface area contributed by atoms with Gasteiger partial charge in [0.05, 0.1) is 28.6 Å². The molecule has 1 amide bonds. The Hall–Kier alpha value is -4.28. The standard InChI is InChI=1S/C21H20N6O5/c28-20(15-32-21(29)16-12-23-26(14-16)19-2-1-7-22-13-19)25-10-8-24(9-11-25)17-3-5-18(6-4-17)27(30)31/h1-7,12-14H,8-11,15H2. The first-order chi connectivity index (χ1) is 15.5. The molecule has 0 aliphatic carbocycles. The Kier molecular flexibility index (Phi) is 6.06. The molecule has 32 heavy (non-hydrogen) atoms. The van der Waals surface area contributed by atoms with Gasteiger partial charge in [0.15, 0.2) is 6.61 Å². The number of anilines is 1. The Balaban J connectivity index is 1.26. The lowest BCUT2D eigenvalue weighted by atomic mass is 10.2. The fourth-order valence-corrected chi connectivity index (χ4v) is 3.36. The molecule has 0 radical (unpaired) electrons. The van der Waals surface area contributed by atoms with Crippen LogP contribution in [0, 0.1) is 10.1 Å². The number of nitro groups is 1. The number of aromatic nitrogens is 3. The number of benzene rings is 1. The minimum Gasteiger partial charge on any atom is -0.452 e. The van der Waals surface area contributed by atoms with Gasteiger partial charge < -0.3 is 14.5 Å². The summed E-state index contributed by atoms with van der Waals surface area (Å²) in [5, 5.41) is 14.9. The van der Waals surface area contributed by atoms with Crippen molar-refractivity contribution in [2.75, 3.05) is 37.7 Å². The summed E-state index contributed by atoms with van der Waals surface area (Å²) in [7, 11) is 0. The van der Waals surface area contributed by atoms with Gasteiger partial charge in [-0.2, -0.15) is 5.10 Å². The van der Waals surface area contributed by atoms with Crippen LogP contribution in [-0.2, 0) is 9.53 Å². The van der Waals surface area contributed by atoms with Crippen molar-refractivity contribution in [3.05, 3.63) is 76.9 Å². The molecule has 1 aromatic carbocycles. The molecule has 0 saturated carbocycles. The SMILES string of the molecule is O=C(OCC(=O)N1CCN(c2ccc([N+](=O)[O-])cc2)CC1)c1cnn(-c2cccnc2)c1. The molecule has 3 heterocycles. The summed E-state index contributed by atoms with van der Waals surface area (Å²) in [6.07, 6.45) is 6.15. The highest BCUT2D eigenvalue weighted by atomic mass is 16.6. The van der Waals surface area contributed by atoms with E-state index in [1.165, 1.54) is 29.2 Å². The van der Waals surface area contributed by atoms with Crippen LogP contribution in [0.25, 0.3) is 5.69 Å².